The van der Waals surface area contributed by atoms with E-state index in [0.717, 1.165) is 40.9 Å². The van der Waals surface area contributed by atoms with Crippen LogP contribution in [0.1, 0.15) is 50.3 Å². The van der Waals surface area contributed by atoms with Gasteiger partial charge in [-0.05, 0) is 62.2 Å². The number of hydrogen-bond donors (Lipinski definition) is 1. The summed E-state index contributed by atoms with van der Waals surface area (Å²) in [7, 11) is 3.25. The number of thiocarbonyl (C=S) groups is 1. The fourth-order valence-corrected chi connectivity index (χ4v) is 4.58. The molecule has 2 aromatic carbocycles. The first kappa shape index (κ1) is 24.7. The summed E-state index contributed by atoms with van der Waals surface area (Å²) in [5.41, 5.74) is 4.89. The summed E-state index contributed by atoms with van der Waals surface area (Å²) < 4.78 is 16.8. The smallest absolute Gasteiger partial charge is 0.258 e. The molecule has 7 nitrogen and oxygen atoms in total. The summed E-state index contributed by atoms with van der Waals surface area (Å²) in [5, 5.41) is 8.48. The van der Waals surface area contributed by atoms with Crippen LogP contribution >= 0.6 is 12.2 Å². The lowest BCUT2D eigenvalue weighted by atomic mass is 9.94. The summed E-state index contributed by atoms with van der Waals surface area (Å²) in [5.74, 6) is 2.87. The fourth-order valence-electron chi connectivity index (χ4n) is 4.23. The van der Waals surface area contributed by atoms with Gasteiger partial charge in [0.05, 0.1) is 25.8 Å². The quantitative estimate of drug-likeness (QED) is 0.397. The molecule has 8 heteroatoms. The van der Waals surface area contributed by atoms with E-state index in [1.807, 2.05) is 49.4 Å². The van der Waals surface area contributed by atoms with Crippen LogP contribution in [0, 0.1) is 12.8 Å². The molecule has 4 rings (SSSR count). The molecular formula is C27H32N4O3S. The zero-order chi connectivity index (χ0) is 25.1. The molecular weight excluding hydrogens is 460 g/mol. The first-order valence-corrected chi connectivity index (χ1v) is 12.1. The molecule has 184 valence electrons. The molecule has 0 amide bonds. The van der Waals surface area contributed by atoms with Crippen LogP contribution in [-0.2, 0) is 0 Å². The number of benzene rings is 2. The summed E-state index contributed by atoms with van der Waals surface area (Å²) in [6.45, 7) is 9.32. The van der Waals surface area contributed by atoms with Crippen molar-refractivity contribution < 1.29 is 14.0 Å². The van der Waals surface area contributed by atoms with E-state index in [4.69, 9.17) is 31.2 Å². The second kappa shape index (κ2) is 10.5. The maximum atomic E-state index is 5.85. The summed E-state index contributed by atoms with van der Waals surface area (Å²) in [6.07, 6.45) is 1.01. The molecule has 35 heavy (non-hydrogen) atoms. The van der Waals surface area contributed by atoms with Crippen LogP contribution in [0.2, 0.25) is 0 Å². The predicted octanol–water partition coefficient (Wildman–Crippen LogP) is 5.77. The Labute approximate surface area is 212 Å². The van der Waals surface area contributed by atoms with Crippen molar-refractivity contribution in [3.8, 4) is 22.9 Å². The average molecular weight is 493 g/mol. The molecule has 2 heterocycles. The van der Waals surface area contributed by atoms with Gasteiger partial charge in [-0.1, -0.05) is 48.8 Å². The van der Waals surface area contributed by atoms with Crippen molar-refractivity contribution in [2.45, 2.75) is 40.2 Å². The fraction of sp³-hybridized carbons (Fsp3) is 0.370. The third-order valence-corrected chi connectivity index (χ3v) is 6.54. The molecule has 0 radical (unpaired) electrons. The lowest BCUT2D eigenvalue weighted by molar-refractivity contribution is 0.354. The highest BCUT2D eigenvalue weighted by Gasteiger charge is 2.34. The summed E-state index contributed by atoms with van der Waals surface area (Å²) >= 11 is 5.80. The summed E-state index contributed by atoms with van der Waals surface area (Å²) in [6, 6.07) is 13.6. The minimum Gasteiger partial charge on any atom is -0.493 e. The van der Waals surface area contributed by atoms with Crippen molar-refractivity contribution >= 4 is 22.9 Å². The standard InChI is InChI=1S/C27H32N4O3S/c1-16(2)12-13-31-18(4)23(26-29-25(30-34-26)20-9-7-8-17(3)14-20)24(28-27(31)35)19-10-11-21(32-5)22(15-19)33-6/h7-11,14-16,24H,12-13H2,1-6H3,(H,28,35). The van der Waals surface area contributed by atoms with Gasteiger partial charge in [-0.15, -0.1) is 0 Å². The van der Waals surface area contributed by atoms with Gasteiger partial charge in [0.15, 0.2) is 16.6 Å². The Morgan fingerprint density at radius 1 is 1.09 bits per heavy atom. The van der Waals surface area contributed by atoms with E-state index in [2.05, 4.69) is 36.1 Å². The van der Waals surface area contributed by atoms with Crippen LogP contribution in [0.5, 0.6) is 11.5 Å². The topological polar surface area (TPSA) is 72.7 Å². The first-order chi connectivity index (χ1) is 16.8. The molecule has 1 aliphatic rings. The van der Waals surface area contributed by atoms with Gasteiger partial charge in [0.1, 0.15) is 0 Å². The van der Waals surface area contributed by atoms with Crippen LogP contribution in [-0.4, -0.2) is 40.9 Å². The highest BCUT2D eigenvalue weighted by atomic mass is 32.1. The minimum atomic E-state index is -0.289. The Kier molecular flexibility index (Phi) is 7.40. The summed E-state index contributed by atoms with van der Waals surface area (Å²) in [4.78, 5) is 6.92. The van der Waals surface area contributed by atoms with E-state index >= 15 is 0 Å². The molecule has 1 unspecified atom stereocenters. The van der Waals surface area contributed by atoms with E-state index < -0.39 is 0 Å². The number of nitrogens with one attached hydrogen (secondary N) is 1. The van der Waals surface area contributed by atoms with Crippen molar-refractivity contribution in [2.75, 3.05) is 20.8 Å². The lowest BCUT2D eigenvalue weighted by Gasteiger charge is -2.37. The van der Waals surface area contributed by atoms with E-state index in [9.17, 15) is 0 Å². The SMILES string of the molecule is COc1ccc(C2NC(=S)N(CCC(C)C)C(C)=C2c2nc(-c3cccc(C)c3)no2)cc1OC. The van der Waals surface area contributed by atoms with Crippen LogP contribution in [0.4, 0.5) is 0 Å². The van der Waals surface area contributed by atoms with Gasteiger partial charge in [0, 0.05) is 17.8 Å². The van der Waals surface area contributed by atoms with Crippen LogP contribution in [0.15, 0.2) is 52.7 Å². The van der Waals surface area contributed by atoms with Crippen molar-refractivity contribution in [1.29, 1.82) is 0 Å². The normalized spacial score (nSPS) is 16.0. The molecule has 0 bridgehead atoms. The molecule has 1 atom stereocenters. The Morgan fingerprint density at radius 2 is 1.86 bits per heavy atom. The van der Waals surface area contributed by atoms with Crippen molar-refractivity contribution in [2.24, 2.45) is 5.92 Å². The first-order valence-electron chi connectivity index (χ1n) is 11.7. The van der Waals surface area contributed by atoms with E-state index in [0.29, 0.717) is 34.2 Å². The Balaban J connectivity index is 1.81. The van der Waals surface area contributed by atoms with Crippen LogP contribution < -0.4 is 14.8 Å². The predicted molar refractivity (Wildman–Crippen MR) is 141 cm³/mol. The molecule has 1 N–H and O–H groups in total. The number of allylic oxidation sites excluding steroid dienone is 1. The number of hydrogen-bond acceptors (Lipinski definition) is 6. The van der Waals surface area contributed by atoms with Crippen LogP contribution in [0.3, 0.4) is 0 Å². The van der Waals surface area contributed by atoms with Gasteiger partial charge >= 0.3 is 0 Å². The maximum absolute atomic E-state index is 5.85. The highest BCUT2D eigenvalue weighted by molar-refractivity contribution is 7.80. The van der Waals surface area contributed by atoms with E-state index in [1.54, 1.807) is 14.2 Å². The Hall–Kier alpha value is -3.39. The highest BCUT2D eigenvalue weighted by Crippen LogP contribution is 2.40. The molecule has 3 aromatic rings. The van der Waals surface area contributed by atoms with Gasteiger partial charge in [-0.3, -0.25) is 0 Å². The van der Waals surface area contributed by atoms with Crippen molar-refractivity contribution in [3.05, 3.63) is 65.2 Å². The molecule has 0 saturated heterocycles. The molecule has 1 aromatic heterocycles. The zero-order valence-corrected chi connectivity index (χ0v) is 21.9. The number of rotatable bonds is 8. The molecule has 0 aliphatic carbocycles. The number of ether oxygens (including phenoxy) is 2. The lowest BCUT2D eigenvalue weighted by Crippen LogP contribution is -2.46. The van der Waals surface area contributed by atoms with E-state index in [-0.39, 0.29) is 6.04 Å². The minimum absolute atomic E-state index is 0.289. The molecule has 1 aliphatic heterocycles. The zero-order valence-electron chi connectivity index (χ0n) is 21.1. The number of methoxy groups -OCH3 is 2. The second-order valence-electron chi connectivity index (χ2n) is 9.12. The molecule has 0 fully saturated rings. The third-order valence-electron chi connectivity index (χ3n) is 6.20. The monoisotopic (exact) mass is 492 g/mol. The maximum Gasteiger partial charge on any atom is 0.258 e. The van der Waals surface area contributed by atoms with Gasteiger partial charge in [0.2, 0.25) is 5.82 Å². The second-order valence-corrected chi connectivity index (χ2v) is 9.51. The number of aromatic nitrogens is 2. The number of nitrogens with zero attached hydrogens (tertiary/aromatic N) is 3. The largest absolute Gasteiger partial charge is 0.493 e. The molecule has 0 spiro atoms. The number of aryl methyl sites for hydroxylation is 1. The van der Waals surface area contributed by atoms with Gasteiger partial charge in [-0.25, -0.2) is 0 Å². The van der Waals surface area contributed by atoms with Gasteiger partial charge in [-0.2, -0.15) is 4.98 Å². The Morgan fingerprint density at radius 3 is 2.54 bits per heavy atom. The molecule has 0 saturated carbocycles. The third kappa shape index (κ3) is 5.17. The van der Waals surface area contributed by atoms with Crippen LogP contribution in [0.25, 0.3) is 17.0 Å². The average Bonchev–Trinajstić information content (AvgIpc) is 3.32. The Bertz CT molecular complexity index is 1250. The van der Waals surface area contributed by atoms with Gasteiger partial charge < -0.3 is 24.2 Å². The van der Waals surface area contributed by atoms with Gasteiger partial charge in [0.25, 0.3) is 5.89 Å². The van der Waals surface area contributed by atoms with Crippen molar-refractivity contribution in [3.63, 3.8) is 0 Å². The van der Waals surface area contributed by atoms with E-state index in [1.165, 1.54) is 0 Å². The van der Waals surface area contributed by atoms with Crippen molar-refractivity contribution in [1.82, 2.24) is 20.4 Å².